The van der Waals surface area contributed by atoms with Gasteiger partial charge in [0.05, 0.1) is 26.4 Å². The summed E-state index contributed by atoms with van der Waals surface area (Å²) in [6, 6.07) is 19.1. The Morgan fingerprint density at radius 1 is 0.879 bits per heavy atom. The molecule has 0 saturated carbocycles. The minimum Gasteiger partial charge on any atom is -0.494 e. The molecule has 2 aromatic rings. The van der Waals surface area contributed by atoms with Crippen LogP contribution in [0.1, 0.15) is 45.4 Å². The lowest BCUT2D eigenvalue weighted by atomic mass is 9.90. The van der Waals surface area contributed by atoms with E-state index in [1.165, 1.54) is 24.2 Å². The molecule has 0 amide bonds. The first-order valence-corrected chi connectivity index (χ1v) is 12.3. The number of hydrogen-bond donors (Lipinski definition) is 0. The Morgan fingerprint density at radius 3 is 2.27 bits per heavy atom. The van der Waals surface area contributed by atoms with Crippen LogP contribution in [-0.4, -0.2) is 33.0 Å². The van der Waals surface area contributed by atoms with Gasteiger partial charge >= 0.3 is 0 Å². The van der Waals surface area contributed by atoms with Crippen LogP contribution >= 0.6 is 0 Å². The van der Waals surface area contributed by atoms with Crippen LogP contribution in [0, 0.1) is 5.41 Å². The maximum absolute atomic E-state index is 6.00. The normalized spacial score (nSPS) is 16.7. The molecule has 176 valence electrons. The number of anilines is 2. The van der Waals surface area contributed by atoms with Crippen LogP contribution in [0.5, 0.6) is 5.75 Å². The molecule has 0 radical (unpaired) electrons. The van der Waals surface area contributed by atoms with Crippen LogP contribution in [0.4, 0.5) is 11.4 Å². The topological polar surface area (TPSA) is 30.9 Å². The molecule has 4 nitrogen and oxygen atoms in total. The molecular formula is C29H37NO3. The van der Waals surface area contributed by atoms with Crippen molar-refractivity contribution in [1.82, 2.24) is 0 Å². The Morgan fingerprint density at radius 2 is 1.61 bits per heavy atom. The number of unbranched alkanes of at least 4 members (excludes halogenated alkanes) is 3. The van der Waals surface area contributed by atoms with Gasteiger partial charge in [0.25, 0.3) is 0 Å². The van der Waals surface area contributed by atoms with E-state index in [0.717, 1.165) is 70.2 Å². The van der Waals surface area contributed by atoms with Gasteiger partial charge < -0.3 is 19.1 Å². The molecule has 1 aliphatic carbocycles. The van der Waals surface area contributed by atoms with E-state index >= 15 is 0 Å². The summed E-state index contributed by atoms with van der Waals surface area (Å²) in [7, 11) is 0. The predicted molar refractivity (Wildman–Crippen MR) is 135 cm³/mol. The van der Waals surface area contributed by atoms with Crippen LogP contribution in [0.25, 0.3) is 0 Å². The van der Waals surface area contributed by atoms with Crippen LogP contribution in [0.3, 0.4) is 0 Å². The molecule has 0 spiro atoms. The summed E-state index contributed by atoms with van der Waals surface area (Å²) >= 11 is 0. The second-order valence-corrected chi connectivity index (χ2v) is 9.41. The van der Waals surface area contributed by atoms with Crippen molar-refractivity contribution in [3.63, 3.8) is 0 Å². The molecule has 4 rings (SSSR count). The highest BCUT2D eigenvalue weighted by Gasteiger charge is 2.33. The summed E-state index contributed by atoms with van der Waals surface area (Å²) in [5.41, 5.74) is 3.92. The Kier molecular flexibility index (Phi) is 8.62. The molecule has 1 fully saturated rings. The third-order valence-corrected chi connectivity index (χ3v) is 6.19. The molecule has 1 heterocycles. The zero-order valence-electron chi connectivity index (χ0n) is 19.9. The molecule has 2 aromatic carbocycles. The molecule has 4 heteroatoms. The summed E-state index contributed by atoms with van der Waals surface area (Å²) in [6.45, 7) is 6.33. The second-order valence-electron chi connectivity index (χ2n) is 9.41. The maximum Gasteiger partial charge on any atom is 0.119 e. The fourth-order valence-electron chi connectivity index (χ4n) is 4.23. The number of benzene rings is 2. The molecule has 1 aliphatic heterocycles. The van der Waals surface area contributed by atoms with Crippen LogP contribution in [-0.2, 0) is 9.47 Å². The van der Waals surface area contributed by atoms with E-state index in [9.17, 15) is 0 Å². The summed E-state index contributed by atoms with van der Waals surface area (Å²) in [5, 5.41) is 0. The monoisotopic (exact) mass is 447 g/mol. The van der Waals surface area contributed by atoms with E-state index in [2.05, 4.69) is 84.6 Å². The van der Waals surface area contributed by atoms with Gasteiger partial charge in [-0.25, -0.2) is 0 Å². The number of para-hydroxylation sites is 1. The molecule has 33 heavy (non-hydrogen) atoms. The van der Waals surface area contributed by atoms with E-state index in [1.807, 2.05) is 0 Å². The van der Waals surface area contributed by atoms with Crippen molar-refractivity contribution < 1.29 is 14.2 Å². The highest BCUT2D eigenvalue weighted by atomic mass is 16.5. The largest absolute Gasteiger partial charge is 0.494 e. The van der Waals surface area contributed by atoms with Crippen molar-refractivity contribution in [2.75, 3.05) is 37.9 Å². The standard InChI is InChI=1S/C29H37NO3/c1-29(23-32-24-29)22-31-20-10-2-3-11-21-33-28-18-16-27(17-19-28)30(25-12-6-4-7-13-25)26-14-8-5-9-15-26/h4-8,12-14,16-19H,2-3,9-11,15,20-24H2,1H3. The summed E-state index contributed by atoms with van der Waals surface area (Å²) < 4.78 is 17.1. The highest BCUT2D eigenvalue weighted by molar-refractivity contribution is 5.69. The first kappa shape index (κ1) is 23.6. The SMILES string of the molecule is CC1(COCCCCCCOc2ccc(N(C3=CC=CCC3)c3ccccc3)cc2)COC1. The highest BCUT2D eigenvalue weighted by Crippen LogP contribution is 2.33. The fraction of sp³-hybridized carbons (Fsp3) is 0.448. The van der Waals surface area contributed by atoms with Gasteiger partial charge in [-0.15, -0.1) is 0 Å². The van der Waals surface area contributed by atoms with Crippen LogP contribution < -0.4 is 9.64 Å². The number of rotatable bonds is 13. The van der Waals surface area contributed by atoms with Gasteiger partial charge in [0.1, 0.15) is 5.75 Å². The second kappa shape index (κ2) is 12.1. The van der Waals surface area contributed by atoms with E-state index in [-0.39, 0.29) is 5.41 Å². The molecule has 0 atom stereocenters. The van der Waals surface area contributed by atoms with Gasteiger partial charge in [0, 0.05) is 29.1 Å². The molecule has 2 aliphatic rings. The van der Waals surface area contributed by atoms with Crippen LogP contribution in [0.2, 0.25) is 0 Å². The van der Waals surface area contributed by atoms with Crippen molar-refractivity contribution in [3.8, 4) is 5.75 Å². The Bertz CT molecular complexity index is 900. The maximum atomic E-state index is 6.00. The van der Waals surface area contributed by atoms with Crippen molar-refractivity contribution in [1.29, 1.82) is 0 Å². The first-order chi connectivity index (χ1) is 16.2. The summed E-state index contributed by atoms with van der Waals surface area (Å²) in [5.74, 6) is 0.934. The molecule has 1 saturated heterocycles. The Balaban J connectivity index is 1.19. The lowest BCUT2D eigenvalue weighted by molar-refractivity contribution is -0.137. The number of nitrogens with zero attached hydrogens (tertiary/aromatic N) is 1. The average Bonchev–Trinajstić information content (AvgIpc) is 2.84. The van der Waals surface area contributed by atoms with E-state index in [1.54, 1.807) is 0 Å². The Labute approximate surface area is 198 Å². The molecule has 0 aromatic heterocycles. The van der Waals surface area contributed by atoms with Gasteiger partial charge in [0.15, 0.2) is 0 Å². The lowest BCUT2D eigenvalue weighted by Crippen LogP contribution is -2.43. The number of hydrogen-bond acceptors (Lipinski definition) is 4. The van der Waals surface area contributed by atoms with Gasteiger partial charge in [-0.05, 0) is 74.6 Å². The van der Waals surface area contributed by atoms with E-state index < -0.39 is 0 Å². The van der Waals surface area contributed by atoms with E-state index in [0.29, 0.717) is 0 Å². The zero-order valence-corrected chi connectivity index (χ0v) is 19.9. The minimum absolute atomic E-state index is 0.256. The van der Waals surface area contributed by atoms with Gasteiger partial charge in [0.2, 0.25) is 0 Å². The minimum atomic E-state index is 0.256. The quantitative estimate of drug-likeness (QED) is 0.308. The zero-order chi connectivity index (χ0) is 22.8. The van der Waals surface area contributed by atoms with Crippen molar-refractivity contribution in [3.05, 3.63) is 78.5 Å². The lowest BCUT2D eigenvalue weighted by Gasteiger charge is -2.37. The fourth-order valence-corrected chi connectivity index (χ4v) is 4.23. The first-order valence-electron chi connectivity index (χ1n) is 12.3. The molecular weight excluding hydrogens is 410 g/mol. The summed E-state index contributed by atoms with van der Waals surface area (Å²) in [4.78, 5) is 2.34. The smallest absolute Gasteiger partial charge is 0.119 e. The van der Waals surface area contributed by atoms with Gasteiger partial charge in [-0.2, -0.15) is 0 Å². The number of ether oxygens (including phenoxy) is 3. The predicted octanol–water partition coefficient (Wildman–Crippen LogP) is 7.05. The molecule has 0 unspecified atom stereocenters. The van der Waals surface area contributed by atoms with Crippen molar-refractivity contribution >= 4 is 11.4 Å². The third-order valence-electron chi connectivity index (χ3n) is 6.19. The molecule has 0 N–H and O–H groups in total. The summed E-state index contributed by atoms with van der Waals surface area (Å²) in [6.07, 6.45) is 13.3. The Hall–Kier alpha value is -2.56. The molecule has 0 bridgehead atoms. The van der Waals surface area contributed by atoms with Crippen molar-refractivity contribution in [2.24, 2.45) is 5.41 Å². The van der Waals surface area contributed by atoms with E-state index in [4.69, 9.17) is 14.2 Å². The number of allylic oxidation sites excluding steroid dienone is 4. The average molecular weight is 448 g/mol. The van der Waals surface area contributed by atoms with Crippen molar-refractivity contribution in [2.45, 2.75) is 45.4 Å². The van der Waals surface area contributed by atoms with Crippen LogP contribution in [0.15, 0.2) is 78.5 Å². The third kappa shape index (κ3) is 6.96. The van der Waals surface area contributed by atoms with Gasteiger partial charge in [-0.3, -0.25) is 0 Å². The van der Waals surface area contributed by atoms with Gasteiger partial charge in [-0.1, -0.05) is 43.7 Å².